The molecule has 23 heavy (non-hydrogen) atoms. The molecule has 122 valence electrons. The summed E-state index contributed by atoms with van der Waals surface area (Å²) in [5.74, 6) is 0.446. The van der Waals surface area contributed by atoms with Crippen molar-refractivity contribution in [3.05, 3.63) is 66.0 Å². The zero-order chi connectivity index (χ0) is 16.8. The number of benzene rings is 1. The van der Waals surface area contributed by atoms with Crippen LogP contribution in [0.4, 0.5) is 0 Å². The lowest BCUT2D eigenvalue weighted by molar-refractivity contribution is -0.136. The number of carbonyl (C=O) groups is 1. The zero-order valence-electron chi connectivity index (χ0n) is 13.9. The van der Waals surface area contributed by atoms with E-state index < -0.39 is 0 Å². The van der Waals surface area contributed by atoms with E-state index in [1.54, 1.807) is 0 Å². The Morgan fingerprint density at radius 1 is 1.30 bits per heavy atom. The molecule has 1 aliphatic rings. The van der Waals surface area contributed by atoms with Gasteiger partial charge < -0.3 is 9.47 Å². The van der Waals surface area contributed by atoms with Gasteiger partial charge in [-0.2, -0.15) is 0 Å². The predicted octanol–water partition coefficient (Wildman–Crippen LogP) is 4.66. The molecule has 2 rings (SSSR count). The van der Waals surface area contributed by atoms with Gasteiger partial charge in [-0.05, 0) is 29.6 Å². The first kappa shape index (κ1) is 17.1. The summed E-state index contributed by atoms with van der Waals surface area (Å²) >= 11 is 0. The van der Waals surface area contributed by atoms with Crippen LogP contribution in [0.15, 0.2) is 60.4 Å². The summed E-state index contributed by atoms with van der Waals surface area (Å²) in [6.45, 7) is 10.4. The van der Waals surface area contributed by atoms with E-state index in [1.165, 1.54) is 7.11 Å². The van der Waals surface area contributed by atoms with Crippen LogP contribution in [-0.4, -0.2) is 19.2 Å². The molecule has 0 amide bonds. The van der Waals surface area contributed by atoms with E-state index in [0.29, 0.717) is 18.4 Å². The second-order valence-electron chi connectivity index (χ2n) is 5.76. The minimum absolute atomic E-state index is 0.175. The third-order valence-corrected chi connectivity index (χ3v) is 4.00. The molecule has 1 atom stereocenters. The second kappa shape index (κ2) is 7.82. The minimum Gasteiger partial charge on any atom is -0.490 e. The predicted molar refractivity (Wildman–Crippen MR) is 92.7 cm³/mol. The first-order valence-electron chi connectivity index (χ1n) is 7.94. The second-order valence-corrected chi connectivity index (χ2v) is 5.76. The number of hydrogen-bond acceptors (Lipinski definition) is 3. The Kier molecular flexibility index (Phi) is 5.80. The average molecular weight is 312 g/mol. The van der Waals surface area contributed by atoms with Crippen LogP contribution < -0.4 is 0 Å². The van der Waals surface area contributed by atoms with Crippen molar-refractivity contribution in [1.82, 2.24) is 0 Å². The summed E-state index contributed by atoms with van der Waals surface area (Å²) in [5, 5.41) is 0. The molecular formula is C20H24O3. The van der Waals surface area contributed by atoms with E-state index in [9.17, 15) is 4.79 Å². The summed E-state index contributed by atoms with van der Waals surface area (Å²) in [5.41, 5.74) is 3.68. The molecular weight excluding hydrogens is 288 g/mol. The van der Waals surface area contributed by atoms with Gasteiger partial charge in [0.25, 0.3) is 0 Å². The van der Waals surface area contributed by atoms with Crippen LogP contribution in [0.5, 0.6) is 0 Å². The third-order valence-electron chi connectivity index (χ3n) is 4.00. The fourth-order valence-electron chi connectivity index (χ4n) is 2.73. The number of carbonyl (C=O) groups excluding carboxylic acids is 1. The van der Waals surface area contributed by atoms with Crippen molar-refractivity contribution in [1.29, 1.82) is 0 Å². The number of esters is 1. The van der Waals surface area contributed by atoms with Crippen molar-refractivity contribution in [2.75, 3.05) is 7.11 Å². The number of rotatable bonds is 7. The molecule has 0 aromatic heterocycles. The first-order chi connectivity index (χ1) is 11.1. The molecule has 1 heterocycles. The topological polar surface area (TPSA) is 35.5 Å². The fourth-order valence-corrected chi connectivity index (χ4v) is 2.73. The standard InChI is InChI=1S/C20H24O3/c1-5-9-18-17(20(21)22-4)13-19(23-18)15(3)12-14(2)16-10-7-6-8-11-16/h6-8,10-11,19H,2-3,5,9,12-13H2,1,4H3. The van der Waals surface area contributed by atoms with Crippen LogP contribution in [0.1, 0.15) is 38.2 Å². The van der Waals surface area contributed by atoms with E-state index in [1.807, 2.05) is 30.3 Å². The largest absolute Gasteiger partial charge is 0.490 e. The summed E-state index contributed by atoms with van der Waals surface area (Å²) in [7, 11) is 1.40. The lowest BCUT2D eigenvalue weighted by atomic mass is 9.95. The molecule has 0 saturated carbocycles. The molecule has 1 aromatic carbocycles. The lowest BCUT2D eigenvalue weighted by Gasteiger charge is -2.17. The molecule has 3 heteroatoms. The fraction of sp³-hybridized carbons (Fsp3) is 0.350. The maximum atomic E-state index is 11.9. The van der Waals surface area contributed by atoms with Crippen molar-refractivity contribution >= 4 is 11.5 Å². The van der Waals surface area contributed by atoms with E-state index in [4.69, 9.17) is 9.47 Å². The molecule has 1 aliphatic heterocycles. The Morgan fingerprint density at radius 2 is 2.00 bits per heavy atom. The molecule has 0 spiro atoms. The summed E-state index contributed by atoms with van der Waals surface area (Å²) in [6.07, 6.45) is 2.68. The number of hydrogen-bond donors (Lipinski definition) is 0. The highest BCUT2D eigenvalue weighted by atomic mass is 16.5. The molecule has 0 bridgehead atoms. The minimum atomic E-state index is -0.300. The van der Waals surface area contributed by atoms with Crippen molar-refractivity contribution in [2.24, 2.45) is 0 Å². The smallest absolute Gasteiger partial charge is 0.337 e. The Bertz CT molecular complexity index is 626. The molecule has 3 nitrogen and oxygen atoms in total. The van der Waals surface area contributed by atoms with Gasteiger partial charge in [0.05, 0.1) is 12.7 Å². The van der Waals surface area contributed by atoms with E-state index in [2.05, 4.69) is 20.1 Å². The lowest BCUT2D eigenvalue weighted by Crippen LogP contribution is -2.11. The van der Waals surface area contributed by atoms with E-state index in [-0.39, 0.29) is 12.1 Å². The van der Waals surface area contributed by atoms with Gasteiger partial charge >= 0.3 is 5.97 Å². The highest BCUT2D eigenvalue weighted by Crippen LogP contribution is 2.35. The van der Waals surface area contributed by atoms with Crippen LogP contribution in [-0.2, 0) is 14.3 Å². The normalized spacial score (nSPS) is 16.9. The van der Waals surface area contributed by atoms with Gasteiger partial charge in [0.15, 0.2) is 0 Å². The molecule has 1 aromatic rings. The van der Waals surface area contributed by atoms with Gasteiger partial charge in [0, 0.05) is 12.8 Å². The maximum Gasteiger partial charge on any atom is 0.337 e. The maximum absolute atomic E-state index is 11.9. The molecule has 0 aliphatic carbocycles. The van der Waals surface area contributed by atoms with Gasteiger partial charge in [-0.15, -0.1) is 0 Å². The molecule has 1 unspecified atom stereocenters. The van der Waals surface area contributed by atoms with Crippen LogP contribution in [0.2, 0.25) is 0 Å². The third kappa shape index (κ3) is 4.13. The Labute approximate surface area is 138 Å². The van der Waals surface area contributed by atoms with Crippen molar-refractivity contribution in [2.45, 2.75) is 38.7 Å². The van der Waals surface area contributed by atoms with Gasteiger partial charge in [0.1, 0.15) is 11.9 Å². The Hall–Kier alpha value is -2.29. The van der Waals surface area contributed by atoms with Crippen LogP contribution in [0.25, 0.3) is 5.57 Å². The number of ether oxygens (including phenoxy) is 2. The summed E-state index contributed by atoms with van der Waals surface area (Å²) in [6, 6.07) is 10.0. The average Bonchev–Trinajstić information content (AvgIpc) is 2.99. The van der Waals surface area contributed by atoms with Gasteiger partial charge in [-0.25, -0.2) is 4.79 Å². The highest BCUT2D eigenvalue weighted by molar-refractivity contribution is 5.89. The van der Waals surface area contributed by atoms with E-state index in [0.717, 1.165) is 35.3 Å². The monoisotopic (exact) mass is 312 g/mol. The Balaban J connectivity index is 2.02. The zero-order valence-corrected chi connectivity index (χ0v) is 13.9. The number of allylic oxidation sites excluding steroid dienone is 2. The Morgan fingerprint density at radius 3 is 2.61 bits per heavy atom. The van der Waals surface area contributed by atoms with Crippen LogP contribution >= 0.6 is 0 Å². The molecule has 0 saturated heterocycles. The molecule has 0 N–H and O–H groups in total. The van der Waals surface area contributed by atoms with Crippen LogP contribution in [0.3, 0.4) is 0 Å². The van der Waals surface area contributed by atoms with Crippen molar-refractivity contribution in [3.8, 4) is 0 Å². The molecule has 0 fully saturated rings. The summed E-state index contributed by atoms with van der Waals surface area (Å²) in [4.78, 5) is 11.9. The SMILES string of the molecule is C=C(CC(=C)C1CC(C(=O)OC)=C(CCC)O1)c1ccccc1. The van der Waals surface area contributed by atoms with Gasteiger partial charge in [0.2, 0.25) is 0 Å². The van der Waals surface area contributed by atoms with Crippen LogP contribution in [0, 0.1) is 0 Å². The highest BCUT2D eigenvalue weighted by Gasteiger charge is 2.31. The molecule has 0 radical (unpaired) electrons. The van der Waals surface area contributed by atoms with Crippen molar-refractivity contribution in [3.63, 3.8) is 0 Å². The van der Waals surface area contributed by atoms with Crippen molar-refractivity contribution < 1.29 is 14.3 Å². The first-order valence-corrected chi connectivity index (χ1v) is 7.94. The summed E-state index contributed by atoms with van der Waals surface area (Å²) < 4.78 is 10.8. The number of methoxy groups -OCH3 is 1. The van der Waals surface area contributed by atoms with E-state index >= 15 is 0 Å². The van der Waals surface area contributed by atoms with Gasteiger partial charge in [-0.1, -0.05) is 50.4 Å². The quantitative estimate of drug-likeness (QED) is 0.542. The van der Waals surface area contributed by atoms with Gasteiger partial charge in [-0.3, -0.25) is 0 Å².